The Balaban J connectivity index is 1.84. The SMILES string of the molecule is CN(CCO)Cc1cc2cc(Cl)c3c(c2o1)C1(CCCCC1)NC(=O)N3. The summed E-state index contributed by atoms with van der Waals surface area (Å²) in [5.41, 5.74) is 2.04. The number of aliphatic hydroxyl groups excluding tert-OH is 1. The van der Waals surface area contributed by atoms with Gasteiger partial charge in [0.05, 0.1) is 29.4 Å². The fraction of sp³-hybridized carbons (Fsp3) is 0.526. The molecular weight excluding hydrogens is 354 g/mol. The third-order valence-electron chi connectivity index (χ3n) is 5.49. The van der Waals surface area contributed by atoms with E-state index in [1.165, 1.54) is 6.42 Å². The number of hydrogen-bond donors (Lipinski definition) is 3. The lowest BCUT2D eigenvalue weighted by molar-refractivity contribution is 0.206. The number of nitrogens with one attached hydrogen (secondary N) is 2. The number of aliphatic hydroxyl groups is 1. The minimum absolute atomic E-state index is 0.108. The maximum absolute atomic E-state index is 12.3. The van der Waals surface area contributed by atoms with Crippen molar-refractivity contribution < 1.29 is 14.3 Å². The summed E-state index contributed by atoms with van der Waals surface area (Å²) >= 11 is 6.53. The molecule has 0 saturated heterocycles. The second-order valence-electron chi connectivity index (χ2n) is 7.42. The monoisotopic (exact) mass is 377 g/mol. The van der Waals surface area contributed by atoms with Crippen molar-refractivity contribution in [3.8, 4) is 0 Å². The first-order valence-electron chi connectivity index (χ1n) is 9.16. The van der Waals surface area contributed by atoms with Crippen LogP contribution < -0.4 is 10.6 Å². The lowest BCUT2D eigenvalue weighted by Gasteiger charge is -2.42. The summed E-state index contributed by atoms with van der Waals surface area (Å²) < 4.78 is 6.23. The van der Waals surface area contributed by atoms with Gasteiger partial charge in [-0.2, -0.15) is 0 Å². The molecule has 2 aromatic rings. The maximum Gasteiger partial charge on any atom is 0.319 e. The number of carbonyl (C=O) groups excluding carboxylic acids is 1. The van der Waals surface area contributed by atoms with Gasteiger partial charge >= 0.3 is 6.03 Å². The number of carbonyl (C=O) groups is 1. The molecule has 140 valence electrons. The van der Waals surface area contributed by atoms with Crippen LogP contribution >= 0.6 is 11.6 Å². The number of nitrogens with zero attached hydrogens (tertiary/aromatic N) is 1. The van der Waals surface area contributed by atoms with E-state index in [1.54, 1.807) is 0 Å². The van der Waals surface area contributed by atoms with E-state index in [1.807, 2.05) is 24.1 Å². The maximum atomic E-state index is 12.3. The molecule has 1 aliphatic heterocycles. The minimum atomic E-state index is -0.412. The summed E-state index contributed by atoms with van der Waals surface area (Å²) in [5.74, 6) is 0.822. The Kier molecular flexibility index (Phi) is 4.59. The number of furan rings is 1. The van der Waals surface area contributed by atoms with Crippen molar-refractivity contribution >= 4 is 34.3 Å². The van der Waals surface area contributed by atoms with Crippen LogP contribution in [-0.2, 0) is 12.1 Å². The van der Waals surface area contributed by atoms with E-state index in [0.717, 1.165) is 48.0 Å². The van der Waals surface area contributed by atoms with Crippen LogP contribution in [-0.4, -0.2) is 36.2 Å². The van der Waals surface area contributed by atoms with E-state index in [9.17, 15) is 4.79 Å². The van der Waals surface area contributed by atoms with Crippen LogP contribution in [0.15, 0.2) is 16.5 Å². The summed E-state index contributed by atoms with van der Waals surface area (Å²) in [6, 6.07) is 3.66. The molecule has 0 atom stereocenters. The van der Waals surface area contributed by atoms with Gasteiger partial charge in [0.15, 0.2) is 0 Å². The van der Waals surface area contributed by atoms with Gasteiger partial charge in [0.2, 0.25) is 0 Å². The Morgan fingerprint density at radius 3 is 2.81 bits per heavy atom. The molecule has 0 radical (unpaired) electrons. The number of anilines is 1. The number of benzene rings is 1. The first kappa shape index (κ1) is 17.6. The van der Waals surface area contributed by atoms with Crippen molar-refractivity contribution in [1.29, 1.82) is 0 Å². The molecule has 7 heteroatoms. The normalized spacial score (nSPS) is 18.8. The molecule has 26 heavy (non-hydrogen) atoms. The summed E-state index contributed by atoms with van der Waals surface area (Å²) in [6.45, 7) is 1.29. The Morgan fingerprint density at radius 2 is 2.08 bits per heavy atom. The molecule has 1 spiro atoms. The zero-order valence-corrected chi connectivity index (χ0v) is 15.7. The van der Waals surface area contributed by atoms with Crippen LogP contribution in [0.3, 0.4) is 0 Å². The predicted octanol–water partition coefficient (Wildman–Crippen LogP) is 3.80. The highest BCUT2D eigenvalue weighted by Crippen LogP contribution is 2.48. The Hall–Kier alpha value is -1.76. The van der Waals surface area contributed by atoms with E-state index >= 15 is 0 Å². The summed E-state index contributed by atoms with van der Waals surface area (Å²) in [7, 11) is 1.94. The third kappa shape index (κ3) is 2.96. The molecule has 2 heterocycles. The van der Waals surface area contributed by atoms with Gasteiger partial charge in [-0.05, 0) is 32.0 Å². The predicted molar refractivity (Wildman–Crippen MR) is 102 cm³/mol. The van der Waals surface area contributed by atoms with Gasteiger partial charge in [-0.1, -0.05) is 30.9 Å². The van der Waals surface area contributed by atoms with Crippen molar-refractivity contribution in [2.45, 2.75) is 44.2 Å². The van der Waals surface area contributed by atoms with Crippen molar-refractivity contribution in [2.24, 2.45) is 0 Å². The second kappa shape index (κ2) is 6.76. The van der Waals surface area contributed by atoms with Gasteiger partial charge in [0, 0.05) is 17.5 Å². The topological polar surface area (TPSA) is 77.7 Å². The highest BCUT2D eigenvalue weighted by Gasteiger charge is 2.43. The molecule has 1 fully saturated rings. The van der Waals surface area contributed by atoms with Crippen LogP contribution in [0.4, 0.5) is 10.5 Å². The number of hydrogen-bond acceptors (Lipinski definition) is 4. The lowest BCUT2D eigenvalue weighted by Crippen LogP contribution is -2.52. The third-order valence-corrected chi connectivity index (χ3v) is 5.79. The molecule has 0 bridgehead atoms. The van der Waals surface area contributed by atoms with Crippen molar-refractivity contribution in [2.75, 3.05) is 25.5 Å². The van der Waals surface area contributed by atoms with Gasteiger partial charge in [0.25, 0.3) is 0 Å². The number of rotatable bonds is 4. The smallest absolute Gasteiger partial charge is 0.319 e. The molecule has 1 aromatic carbocycles. The number of fused-ring (bicyclic) bond motifs is 4. The van der Waals surface area contributed by atoms with Gasteiger partial charge in [-0.3, -0.25) is 4.90 Å². The fourth-order valence-electron chi connectivity index (χ4n) is 4.33. The Labute approximate surface area is 157 Å². The zero-order chi connectivity index (χ0) is 18.3. The highest BCUT2D eigenvalue weighted by molar-refractivity contribution is 6.35. The largest absolute Gasteiger partial charge is 0.459 e. The van der Waals surface area contributed by atoms with Gasteiger partial charge in [0.1, 0.15) is 11.3 Å². The van der Waals surface area contributed by atoms with Crippen molar-refractivity contribution in [1.82, 2.24) is 10.2 Å². The van der Waals surface area contributed by atoms with Crippen LogP contribution in [0.1, 0.15) is 43.4 Å². The van der Waals surface area contributed by atoms with Gasteiger partial charge in [-0.25, -0.2) is 4.79 Å². The molecule has 1 aromatic heterocycles. The van der Waals surface area contributed by atoms with E-state index in [-0.39, 0.29) is 12.6 Å². The van der Waals surface area contributed by atoms with E-state index < -0.39 is 5.54 Å². The van der Waals surface area contributed by atoms with Crippen molar-refractivity contribution in [3.63, 3.8) is 0 Å². The van der Waals surface area contributed by atoms with Crippen molar-refractivity contribution in [3.05, 3.63) is 28.5 Å². The minimum Gasteiger partial charge on any atom is -0.459 e. The van der Waals surface area contributed by atoms with Crippen LogP contribution in [0.25, 0.3) is 11.0 Å². The van der Waals surface area contributed by atoms with Gasteiger partial charge < -0.3 is 20.2 Å². The summed E-state index contributed by atoms with van der Waals surface area (Å²) in [5, 5.41) is 16.6. The Bertz CT molecular complexity index is 842. The first-order valence-corrected chi connectivity index (χ1v) is 9.54. The van der Waals surface area contributed by atoms with E-state index in [0.29, 0.717) is 23.8 Å². The molecule has 1 aliphatic carbocycles. The summed E-state index contributed by atoms with van der Waals surface area (Å²) in [6.07, 6.45) is 5.10. The zero-order valence-electron chi connectivity index (χ0n) is 14.9. The van der Waals surface area contributed by atoms with E-state index in [4.69, 9.17) is 21.1 Å². The molecule has 1 saturated carbocycles. The number of likely N-dealkylation sites (N-methyl/N-ethyl adjacent to an activating group) is 1. The van der Waals surface area contributed by atoms with Crippen LogP contribution in [0.5, 0.6) is 0 Å². The number of amides is 2. The van der Waals surface area contributed by atoms with E-state index in [2.05, 4.69) is 10.6 Å². The first-order chi connectivity index (χ1) is 12.5. The number of halogens is 1. The average Bonchev–Trinajstić information content (AvgIpc) is 2.97. The second-order valence-corrected chi connectivity index (χ2v) is 7.83. The molecule has 6 nitrogen and oxygen atoms in total. The molecule has 2 aliphatic rings. The average molecular weight is 378 g/mol. The highest BCUT2D eigenvalue weighted by atomic mass is 35.5. The van der Waals surface area contributed by atoms with Gasteiger partial charge in [-0.15, -0.1) is 0 Å². The molecule has 0 unspecified atom stereocenters. The molecule has 4 rings (SSSR count). The quantitative estimate of drug-likeness (QED) is 0.757. The molecule has 2 amide bonds. The van der Waals surface area contributed by atoms with Crippen LogP contribution in [0, 0.1) is 0 Å². The Morgan fingerprint density at radius 1 is 1.31 bits per heavy atom. The lowest BCUT2D eigenvalue weighted by atomic mass is 9.74. The number of urea groups is 1. The molecule has 3 N–H and O–H groups in total. The fourth-order valence-corrected chi connectivity index (χ4v) is 4.59. The summed E-state index contributed by atoms with van der Waals surface area (Å²) in [4.78, 5) is 14.3. The van der Waals surface area contributed by atoms with Crippen LogP contribution in [0.2, 0.25) is 5.02 Å². The standard InChI is InChI=1S/C19H24ClN3O3/c1-23(7-8-24)11-13-9-12-10-14(20)16-15(17(12)26-13)19(22-18(25)21-16)5-3-2-4-6-19/h9-10,24H,2-8,11H2,1H3,(H2,21,22,25). The molecular formula is C19H24ClN3O3.